The van der Waals surface area contributed by atoms with E-state index in [1.54, 1.807) is 11.5 Å². The Morgan fingerprint density at radius 3 is 2.59 bits per heavy atom. The normalized spacial score (nSPS) is 17.3. The Morgan fingerprint density at radius 2 is 2.03 bits per heavy atom. The maximum atomic E-state index is 15.0. The minimum absolute atomic E-state index is 0.0384. The fourth-order valence-corrected chi connectivity index (χ4v) is 5.06. The van der Waals surface area contributed by atoms with Crippen LogP contribution in [0.25, 0.3) is 10.9 Å². The average molecular weight is 422 g/mol. The third-order valence-corrected chi connectivity index (χ3v) is 6.25. The number of esters is 1. The topological polar surface area (TPSA) is 88.8 Å². The van der Waals surface area contributed by atoms with Crippen molar-refractivity contribution in [2.75, 3.05) is 31.7 Å². The molecule has 1 saturated heterocycles. The number of rotatable bonds is 4. The van der Waals surface area contributed by atoms with Crippen molar-refractivity contribution in [2.24, 2.45) is 0 Å². The van der Waals surface area contributed by atoms with Crippen molar-refractivity contribution in [2.45, 2.75) is 37.1 Å². The van der Waals surface area contributed by atoms with E-state index in [0.29, 0.717) is 29.9 Å². The molecular weight excluding hydrogens is 399 g/mol. The van der Waals surface area contributed by atoms with Crippen LogP contribution in [0.5, 0.6) is 0 Å². The smallest absolute Gasteiger partial charge is 0.344 e. The molecule has 2 aliphatic rings. The summed E-state index contributed by atoms with van der Waals surface area (Å²) in [5, 5.41) is 7.43. The van der Waals surface area contributed by atoms with Gasteiger partial charge in [0.05, 0.1) is 39.2 Å². The highest BCUT2D eigenvalue weighted by molar-refractivity contribution is 8.00. The predicted octanol–water partition coefficient (Wildman–Crippen LogP) is 2.96. The van der Waals surface area contributed by atoms with Gasteiger partial charge < -0.3 is 19.3 Å². The van der Waals surface area contributed by atoms with E-state index in [2.05, 4.69) is 0 Å². The zero-order valence-corrected chi connectivity index (χ0v) is 17.3. The second kappa shape index (κ2) is 8.54. The standard InChI is InChI=1S/C19H19FN2O4S.CH4O/c1-3-26-19(25)14-17(24)11-8-13(20)16(21-6-4-5-7-21)12(9-23)15(11)22-10(2)27-18(14)22;1-2/h8-10H,3-7H2,1-2H3;2H,1H3. The van der Waals surface area contributed by atoms with Crippen LogP contribution in [-0.2, 0) is 4.74 Å². The van der Waals surface area contributed by atoms with Gasteiger partial charge in [0.2, 0.25) is 5.43 Å². The molecule has 1 atom stereocenters. The molecule has 0 radical (unpaired) electrons. The van der Waals surface area contributed by atoms with E-state index in [4.69, 9.17) is 9.84 Å². The molecule has 9 heteroatoms. The van der Waals surface area contributed by atoms with E-state index >= 15 is 0 Å². The van der Waals surface area contributed by atoms with E-state index in [9.17, 15) is 18.8 Å². The quantitative estimate of drug-likeness (QED) is 0.599. The van der Waals surface area contributed by atoms with Crippen LogP contribution in [0.1, 0.15) is 52.8 Å². The molecule has 3 heterocycles. The van der Waals surface area contributed by atoms with Crippen molar-refractivity contribution >= 4 is 40.6 Å². The molecule has 156 valence electrons. The Morgan fingerprint density at radius 1 is 1.38 bits per heavy atom. The third kappa shape index (κ3) is 3.32. The van der Waals surface area contributed by atoms with E-state index in [-0.39, 0.29) is 34.2 Å². The second-order valence-corrected chi connectivity index (χ2v) is 7.95. The molecule has 1 aromatic heterocycles. The molecule has 0 aliphatic carbocycles. The Bertz CT molecular complexity index is 1030. The van der Waals surface area contributed by atoms with Gasteiger partial charge in [-0.3, -0.25) is 9.59 Å². The van der Waals surface area contributed by atoms with Gasteiger partial charge in [-0.1, -0.05) is 11.8 Å². The van der Waals surface area contributed by atoms with E-state index < -0.39 is 17.2 Å². The van der Waals surface area contributed by atoms with Crippen LogP contribution in [0.2, 0.25) is 0 Å². The summed E-state index contributed by atoms with van der Waals surface area (Å²) in [5.74, 6) is -1.33. The van der Waals surface area contributed by atoms with Gasteiger partial charge in [0, 0.05) is 20.2 Å². The summed E-state index contributed by atoms with van der Waals surface area (Å²) in [6.45, 7) is 5.05. The highest BCUT2D eigenvalue weighted by atomic mass is 32.2. The summed E-state index contributed by atoms with van der Waals surface area (Å²) in [5.41, 5.74) is 0.138. The molecule has 0 bridgehead atoms. The number of thioether (sulfide) groups is 1. The minimum Gasteiger partial charge on any atom is -0.462 e. The lowest BCUT2D eigenvalue weighted by molar-refractivity contribution is 0.0518. The lowest BCUT2D eigenvalue weighted by Crippen LogP contribution is -2.30. The van der Waals surface area contributed by atoms with Gasteiger partial charge in [-0.15, -0.1) is 0 Å². The van der Waals surface area contributed by atoms with E-state index in [1.165, 1.54) is 11.8 Å². The Balaban J connectivity index is 0.00000117. The number of halogens is 1. The number of benzene rings is 1. The molecule has 0 saturated carbocycles. The number of carbonyl (C=O) groups is 2. The largest absolute Gasteiger partial charge is 0.462 e. The van der Waals surface area contributed by atoms with Gasteiger partial charge in [0.15, 0.2) is 6.29 Å². The van der Waals surface area contributed by atoms with Gasteiger partial charge in [-0.05, 0) is 32.8 Å². The minimum atomic E-state index is -0.718. The number of aliphatic hydroxyl groups is 1. The number of anilines is 1. The van der Waals surface area contributed by atoms with Gasteiger partial charge in [0.1, 0.15) is 11.4 Å². The highest BCUT2D eigenvalue weighted by Crippen LogP contribution is 2.48. The number of aliphatic hydroxyl groups excluding tert-OH is 1. The number of hydrogen-bond acceptors (Lipinski definition) is 7. The number of aromatic nitrogens is 1. The molecule has 1 unspecified atom stereocenters. The summed E-state index contributed by atoms with van der Waals surface area (Å²) >= 11 is 1.36. The molecule has 29 heavy (non-hydrogen) atoms. The van der Waals surface area contributed by atoms with Crippen LogP contribution in [0, 0.1) is 5.82 Å². The van der Waals surface area contributed by atoms with Gasteiger partial charge >= 0.3 is 5.97 Å². The van der Waals surface area contributed by atoms with Crippen molar-refractivity contribution in [1.29, 1.82) is 0 Å². The first-order valence-corrected chi connectivity index (χ1v) is 10.3. The number of hydrogen-bond donors (Lipinski definition) is 1. The monoisotopic (exact) mass is 422 g/mol. The SMILES string of the molecule is CCOC(=O)c1c2n(c3c(C=O)c(N4CCCC4)c(F)cc3c1=O)C(C)S2.CO. The highest BCUT2D eigenvalue weighted by Gasteiger charge is 2.36. The van der Waals surface area contributed by atoms with Crippen molar-refractivity contribution in [3.05, 3.63) is 33.2 Å². The maximum Gasteiger partial charge on any atom is 0.344 e. The fraction of sp³-hybridized carbons (Fsp3) is 0.450. The summed E-state index contributed by atoms with van der Waals surface area (Å²) in [7, 11) is 1.00. The first-order valence-electron chi connectivity index (χ1n) is 9.42. The van der Waals surface area contributed by atoms with Crippen LogP contribution >= 0.6 is 11.8 Å². The van der Waals surface area contributed by atoms with E-state index in [0.717, 1.165) is 26.0 Å². The number of carbonyl (C=O) groups excluding carboxylic acids is 2. The molecule has 0 spiro atoms. The number of pyridine rings is 1. The van der Waals surface area contributed by atoms with Crippen molar-refractivity contribution in [3.63, 3.8) is 0 Å². The first kappa shape index (κ1) is 21.3. The summed E-state index contributed by atoms with van der Waals surface area (Å²) < 4.78 is 21.7. The molecule has 4 rings (SSSR count). The van der Waals surface area contributed by atoms with Crippen molar-refractivity contribution < 1.29 is 23.8 Å². The summed E-state index contributed by atoms with van der Waals surface area (Å²) in [6, 6.07) is 1.16. The second-order valence-electron chi connectivity index (χ2n) is 6.65. The molecular formula is C20H23FN2O5S. The van der Waals surface area contributed by atoms with Crippen molar-refractivity contribution in [3.8, 4) is 0 Å². The zero-order valence-electron chi connectivity index (χ0n) is 16.5. The first-order chi connectivity index (χ1) is 14.0. The molecule has 2 aliphatic heterocycles. The number of nitrogens with zero attached hydrogens (tertiary/aromatic N) is 2. The zero-order chi connectivity index (χ0) is 21.3. The fourth-order valence-electron chi connectivity index (χ4n) is 3.92. The lowest BCUT2D eigenvalue weighted by atomic mass is 10.0. The maximum absolute atomic E-state index is 15.0. The van der Waals surface area contributed by atoms with Crippen molar-refractivity contribution in [1.82, 2.24) is 4.57 Å². The van der Waals surface area contributed by atoms with Crippen LogP contribution in [0.3, 0.4) is 0 Å². The van der Waals surface area contributed by atoms with Crippen LogP contribution < -0.4 is 10.3 Å². The molecule has 7 nitrogen and oxygen atoms in total. The third-order valence-electron chi connectivity index (χ3n) is 5.07. The Kier molecular flexibility index (Phi) is 6.28. The summed E-state index contributed by atoms with van der Waals surface area (Å²) in [4.78, 5) is 39.1. The van der Waals surface area contributed by atoms with Crippen LogP contribution in [0.4, 0.5) is 10.1 Å². The Hall–Kier alpha value is -2.39. The van der Waals surface area contributed by atoms with Gasteiger partial charge in [-0.2, -0.15) is 0 Å². The number of fused-ring (bicyclic) bond motifs is 3. The lowest BCUT2D eigenvalue weighted by Gasteiger charge is -2.34. The van der Waals surface area contributed by atoms with E-state index in [1.807, 2.05) is 11.8 Å². The number of aldehydes is 1. The Labute approximate surface area is 171 Å². The van der Waals surface area contributed by atoms with Gasteiger partial charge in [-0.25, -0.2) is 9.18 Å². The number of ether oxygens (including phenoxy) is 1. The van der Waals surface area contributed by atoms with Crippen LogP contribution in [0.15, 0.2) is 15.9 Å². The van der Waals surface area contributed by atoms with Crippen LogP contribution in [-0.4, -0.2) is 48.7 Å². The average Bonchev–Trinajstić information content (AvgIpc) is 3.23. The van der Waals surface area contributed by atoms with Gasteiger partial charge in [0.25, 0.3) is 0 Å². The molecule has 2 aromatic rings. The summed E-state index contributed by atoms with van der Waals surface area (Å²) in [6.07, 6.45) is 2.48. The molecule has 1 N–H and O–H groups in total. The molecule has 1 fully saturated rings. The molecule has 1 aromatic carbocycles. The predicted molar refractivity (Wildman–Crippen MR) is 110 cm³/mol. The molecule has 0 amide bonds.